The summed E-state index contributed by atoms with van der Waals surface area (Å²) in [7, 11) is 1.43. The van der Waals surface area contributed by atoms with E-state index in [0.29, 0.717) is 0 Å². The molecular weight excluding hydrogens is 171 g/mol. The molecule has 0 unspecified atom stereocenters. The summed E-state index contributed by atoms with van der Waals surface area (Å²) in [5, 5.41) is 3.59. The Labute approximate surface area is 67.0 Å². The average Bonchev–Trinajstić information content (AvgIpc) is 2.16. The summed E-state index contributed by atoms with van der Waals surface area (Å²) in [4.78, 5) is 0. The highest BCUT2D eigenvalue weighted by Gasteiger charge is 2.30. The lowest BCUT2D eigenvalue weighted by Crippen LogP contribution is -2.15. The van der Waals surface area contributed by atoms with E-state index in [4.69, 9.17) is 5.73 Å². The van der Waals surface area contributed by atoms with E-state index in [0.717, 1.165) is 4.68 Å². The first kappa shape index (κ1) is 8.89. The smallest absolute Gasteiger partial charge is 0.394 e. The molecule has 1 aromatic rings. The van der Waals surface area contributed by atoms with E-state index in [1.54, 1.807) is 0 Å². The number of alkyl halides is 3. The summed E-state index contributed by atoms with van der Waals surface area (Å²) in [5.74, 6) is 0. The zero-order chi connectivity index (χ0) is 9.35. The quantitative estimate of drug-likeness (QED) is 0.701. The summed E-state index contributed by atoms with van der Waals surface area (Å²) in [6.45, 7) is 0. The van der Waals surface area contributed by atoms with E-state index in [-0.39, 0.29) is 11.4 Å². The SMILES string of the molecule is Cn1ncc(N)c1CC(F)(F)F. The molecule has 0 aliphatic heterocycles. The number of rotatable bonds is 1. The summed E-state index contributed by atoms with van der Waals surface area (Å²) < 4.78 is 36.8. The van der Waals surface area contributed by atoms with Crippen molar-refractivity contribution in [2.75, 3.05) is 5.73 Å². The van der Waals surface area contributed by atoms with Crippen LogP contribution < -0.4 is 5.73 Å². The van der Waals surface area contributed by atoms with E-state index in [9.17, 15) is 13.2 Å². The van der Waals surface area contributed by atoms with Gasteiger partial charge in [-0.05, 0) is 0 Å². The fraction of sp³-hybridized carbons (Fsp3) is 0.500. The van der Waals surface area contributed by atoms with Crippen molar-refractivity contribution in [3.63, 3.8) is 0 Å². The van der Waals surface area contributed by atoms with Gasteiger partial charge < -0.3 is 5.73 Å². The Kier molecular flexibility index (Phi) is 1.99. The third-order valence-corrected chi connectivity index (χ3v) is 1.46. The molecule has 0 saturated carbocycles. The van der Waals surface area contributed by atoms with Crippen molar-refractivity contribution in [1.82, 2.24) is 9.78 Å². The molecule has 2 N–H and O–H groups in total. The number of nitrogen functional groups attached to an aromatic ring is 1. The predicted molar refractivity (Wildman–Crippen MR) is 37.4 cm³/mol. The Morgan fingerprint density at radius 3 is 2.50 bits per heavy atom. The topological polar surface area (TPSA) is 43.8 Å². The van der Waals surface area contributed by atoms with E-state index < -0.39 is 12.6 Å². The molecule has 0 bridgehead atoms. The van der Waals surface area contributed by atoms with E-state index in [2.05, 4.69) is 5.10 Å². The third-order valence-electron chi connectivity index (χ3n) is 1.46. The summed E-state index contributed by atoms with van der Waals surface area (Å²) in [6.07, 6.45) is -4.06. The molecule has 3 nitrogen and oxygen atoms in total. The molecule has 0 saturated heterocycles. The van der Waals surface area contributed by atoms with Gasteiger partial charge in [-0.15, -0.1) is 0 Å². The summed E-state index contributed by atoms with van der Waals surface area (Å²) >= 11 is 0. The van der Waals surface area contributed by atoms with Gasteiger partial charge in [-0.2, -0.15) is 18.3 Å². The molecule has 0 amide bonds. The minimum atomic E-state index is -4.23. The van der Waals surface area contributed by atoms with Gasteiger partial charge >= 0.3 is 6.18 Å². The maximum Gasteiger partial charge on any atom is 0.394 e. The van der Waals surface area contributed by atoms with Gasteiger partial charge in [0.25, 0.3) is 0 Å². The normalized spacial score (nSPS) is 12.0. The fourth-order valence-corrected chi connectivity index (χ4v) is 0.886. The van der Waals surface area contributed by atoms with Gasteiger partial charge in [-0.3, -0.25) is 4.68 Å². The van der Waals surface area contributed by atoms with Crippen molar-refractivity contribution in [1.29, 1.82) is 0 Å². The highest BCUT2D eigenvalue weighted by molar-refractivity contribution is 5.41. The molecule has 1 aromatic heterocycles. The number of aromatic nitrogens is 2. The second-order valence-corrected chi connectivity index (χ2v) is 2.46. The zero-order valence-electron chi connectivity index (χ0n) is 6.39. The van der Waals surface area contributed by atoms with Gasteiger partial charge in [-0.1, -0.05) is 0 Å². The molecule has 68 valence electrons. The first-order valence-corrected chi connectivity index (χ1v) is 3.23. The lowest BCUT2D eigenvalue weighted by molar-refractivity contribution is -0.128. The highest BCUT2D eigenvalue weighted by atomic mass is 19.4. The number of anilines is 1. The van der Waals surface area contributed by atoms with Crippen LogP contribution in [0.2, 0.25) is 0 Å². The van der Waals surface area contributed by atoms with Crippen LogP contribution in [0.1, 0.15) is 5.69 Å². The van der Waals surface area contributed by atoms with Crippen molar-refractivity contribution >= 4 is 5.69 Å². The number of hydrogen-bond acceptors (Lipinski definition) is 2. The molecule has 0 aliphatic rings. The second kappa shape index (κ2) is 2.69. The van der Waals surface area contributed by atoms with Crippen LogP contribution in [-0.4, -0.2) is 16.0 Å². The van der Waals surface area contributed by atoms with E-state index in [1.165, 1.54) is 13.2 Å². The standard InChI is InChI=1S/C6H8F3N3/c1-12-5(2-6(7,8)9)4(10)3-11-12/h3H,2,10H2,1H3. The Hall–Kier alpha value is -1.20. The van der Waals surface area contributed by atoms with Crippen LogP contribution in [0.25, 0.3) is 0 Å². The van der Waals surface area contributed by atoms with E-state index >= 15 is 0 Å². The van der Waals surface area contributed by atoms with Gasteiger partial charge in [0.15, 0.2) is 0 Å². The molecule has 0 spiro atoms. The van der Waals surface area contributed by atoms with E-state index in [1.807, 2.05) is 0 Å². The summed E-state index contributed by atoms with van der Waals surface area (Å²) in [5.41, 5.74) is 5.35. The molecule has 12 heavy (non-hydrogen) atoms. The molecule has 0 atom stereocenters. The monoisotopic (exact) mass is 179 g/mol. The molecule has 0 fully saturated rings. The number of nitrogens with two attached hydrogens (primary N) is 1. The Bertz CT molecular complexity index is 257. The van der Waals surface area contributed by atoms with Crippen LogP contribution >= 0.6 is 0 Å². The van der Waals surface area contributed by atoms with Crippen molar-refractivity contribution < 1.29 is 13.2 Å². The first-order chi connectivity index (χ1) is 5.40. The van der Waals surface area contributed by atoms with Gasteiger partial charge in [0.2, 0.25) is 0 Å². The minimum absolute atomic E-state index is 0.00231. The van der Waals surface area contributed by atoms with Crippen molar-refractivity contribution in [2.24, 2.45) is 7.05 Å². The molecule has 1 rings (SSSR count). The van der Waals surface area contributed by atoms with Gasteiger partial charge in [0, 0.05) is 7.05 Å². The van der Waals surface area contributed by atoms with Crippen LogP contribution in [0.15, 0.2) is 6.20 Å². The van der Waals surface area contributed by atoms with Crippen molar-refractivity contribution in [3.05, 3.63) is 11.9 Å². The number of nitrogens with zero attached hydrogens (tertiary/aromatic N) is 2. The molecule has 6 heteroatoms. The highest BCUT2D eigenvalue weighted by Crippen LogP contribution is 2.23. The van der Waals surface area contributed by atoms with Crippen LogP contribution in [0, 0.1) is 0 Å². The minimum Gasteiger partial charge on any atom is -0.396 e. The number of hydrogen-bond donors (Lipinski definition) is 1. The van der Waals surface area contributed by atoms with Crippen LogP contribution in [0.5, 0.6) is 0 Å². The van der Waals surface area contributed by atoms with Crippen LogP contribution in [0.3, 0.4) is 0 Å². The average molecular weight is 179 g/mol. The van der Waals surface area contributed by atoms with Gasteiger partial charge in [0.1, 0.15) is 0 Å². The maximum atomic E-state index is 11.9. The molecule has 0 radical (unpaired) electrons. The Morgan fingerprint density at radius 2 is 2.17 bits per heavy atom. The fourth-order valence-electron chi connectivity index (χ4n) is 0.886. The van der Waals surface area contributed by atoms with Crippen molar-refractivity contribution in [3.8, 4) is 0 Å². The maximum absolute atomic E-state index is 11.9. The van der Waals surface area contributed by atoms with Gasteiger partial charge in [-0.25, -0.2) is 0 Å². The van der Waals surface area contributed by atoms with Crippen LogP contribution in [0.4, 0.5) is 18.9 Å². The predicted octanol–water partition coefficient (Wildman–Crippen LogP) is 1.11. The lowest BCUT2D eigenvalue weighted by Gasteiger charge is -2.06. The first-order valence-electron chi connectivity index (χ1n) is 3.23. The van der Waals surface area contributed by atoms with Crippen LogP contribution in [-0.2, 0) is 13.5 Å². The molecule has 0 aliphatic carbocycles. The number of halogens is 3. The molecular formula is C6H8F3N3. The largest absolute Gasteiger partial charge is 0.396 e. The zero-order valence-corrected chi connectivity index (χ0v) is 6.39. The second-order valence-electron chi connectivity index (χ2n) is 2.46. The lowest BCUT2D eigenvalue weighted by atomic mass is 10.3. The van der Waals surface area contributed by atoms with Gasteiger partial charge in [0.05, 0.1) is 24.0 Å². The summed E-state index contributed by atoms with van der Waals surface area (Å²) in [6, 6.07) is 0. The Morgan fingerprint density at radius 1 is 1.58 bits per heavy atom. The number of aryl methyl sites for hydroxylation is 1. The third kappa shape index (κ3) is 1.90. The molecule has 0 aromatic carbocycles. The van der Waals surface area contributed by atoms with Crippen molar-refractivity contribution in [2.45, 2.75) is 12.6 Å². The molecule has 1 heterocycles. The Balaban J connectivity index is 2.88.